The summed E-state index contributed by atoms with van der Waals surface area (Å²) in [7, 11) is 0. The van der Waals surface area contributed by atoms with Gasteiger partial charge in [-0.2, -0.15) is 19.6 Å². The van der Waals surface area contributed by atoms with E-state index in [9.17, 15) is 0 Å². The number of hydrogen-bond donors (Lipinski definition) is 0. The third kappa shape index (κ3) is 2.68. The van der Waals surface area contributed by atoms with Gasteiger partial charge in [-0.1, -0.05) is 41.4 Å². The van der Waals surface area contributed by atoms with Crippen LogP contribution in [-0.2, 0) is 5.75 Å². The highest BCUT2D eigenvalue weighted by molar-refractivity contribution is 7.98. The molecule has 0 aliphatic heterocycles. The van der Waals surface area contributed by atoms with E-state index in [0.717, 1.165) is 21.4 Å². The molecule has 0 spiro atoms. The quantitative estimate of drug-likeness (QED) is 0.546. The van der Waals surface area contributed by atoms with Crippen molar-refractivity contribution in [2.75, 3.05) is 0 Å². The summed E-state index contributed by atoms with van der Waals surface area (Å²) in [5.74, 6) is 1.23. The molecule has 0 saturated carbocycles. The number of hydrogen-bond acceptors (Lipinski definition) is 4. The van der Waals surface area contributed by atoms with Gasteiger partial charge in [0.2, 0.25) is 0 Å². The van der Waals surface area contributed by atoms with Crippen LogP contribution in [-0.4, -0.2) is 19.6 Å². The fourth-order valence-electron chi connectivity index (χ4n) is 1.63. The lowest BCUT2D eigenvalue weighted by molar-refractivity contribution is 0.842. The Labute approximate surface area is 123 Å². The SMILES string of the molecule is Clc1cc(SCc2ccccc2Cl)n2ncnc2n1. The van der Waals surface area contributed by atoms with Crippen molar-refractivity contribution >= 4 is 40.7 Å². The van der Waals surface area contributed by atoms with Gasteiger partial charge in [-0.25, -0.2) is 0 Å². The molecular weight excluding hydrogens is 303 g/mol. The maximum Gasteiger partial charge on any atom is 0.254 e. The summed E-state index contributed by atoms with van der Waals surface area (Å²) in [6.45, 7) is 0. The van der Waals surface area contributed by atoms with E-state index in [-0.39, 0.29) is 0 Å². The summed E-state index contributed by atoms with van der Waals surface area (Å²) >= 11 is 13.7. The van der Waals surface area contributed by atoms with E-state index in [2.05, 4.69) is 15.1 Å². The summed E-state index contributed by atoms with van der Waals surface area (Å²) in [5.41, 5.74) is 1.07. The maximum atomic E-state index is 6.13. The largest absolute Gasteiger partial charge is 0.254 e. The van der Waals surface area contributed by atoms with Crippen molar-refractivity contribution in [2.45, 2.75) is 10.8 Å². The molecule has 2 aromatic heterocycles. The zero-order valence-electron chi connectivity index (χ0n) is 9.62. The first-order valence-electron chi connectivity index (χ1n) is 5.46. The highest BCUT2D eigenvalue weighted by atomic mass is 35.5. The standard InChI is InChI=1S/C12H8Cl2N4S/c13-9-4-2-1-3-8(9)6-19-11-5-10(14)17-12-15-7-16-18(11)12/h1-5,7H,6H2. The van der Waals surface area contributed by atoms with E-state index in [4.69, 9.17) is 23.2 Å². The topological polar surface area (TPSA) is 43.1 Å². The van der Waals surface area contributed by atoms with E-state index in [1.165, 1.54) is 6.33 Å². The molecule has 0 saturated heterocycles. The Morgan fingerprint density at radius 1 is 1.21 bits per heavy atom. The number of fused-ring (bicyclic) bond motifs is 1. The Bertz CT molecular complexity index is 729. The van der Waals surface area contributed by atoms with Crippen LogP contribution >= 0.6 is 35.0 Å². The zero-order chi connectivity index (χ0) is 13.2. The van der Waals surface area contributed by atoms with Crippen molar-refractivity contribution in [3.05, 3.63) is 52.4 Å². The number of halogens is 2. The Morgan fingerprint density at radius 2 is 2.05 bits per heavy atom. The molecule has 0 fully saturated rings. The van der Waals surface area contributed by atoms with E-state index in [1.807, 2.05) is 24.3 Å². The highest BCUT2D eigenvalue weighted by Gasteiger charge is 2.08. The second-order valence-corrected chi connectivity index (χ2v) is 5.56. The van der Waals surface area contributed by atoms with Gasteiger partial charge in [-0.3, -0.25) is 0 Å². The second-order valence-electron chi connectivity index (χ2n) is 3.77. The van der Waals surface area contributed by atoms with Gasteiger partial charge < -0.3 is 0 Å². The van der Waals surface area contributed by atoms with Crippen LogP contribution < -0.4 is 0 Å². The van der Waals surface area contributed by atoms with Gasteiger partial charge in [-0.15, -0.1) is 11.8 Å². The molecule has 3 aromatic rings. The van der Waals surface area contributed by atoms with E-state index in [1.54, 1.807) is 22.3 Å². The van der Waals surface area contributed by atoms with Crippen molar-refractivity contribution in [1.29, 1.82) is 0 Å². The molecule has 3 rings (SSSR count). The normalized spacial score (nSPS) is 11.1. The fraction of sp³-hybridized carbons (Fsp3) is 0.0833. The van der Waals surface area contributed by atoms with E-state index >= 15 is 0 Å². The maximum absolute atomic E-state index is 6.13. The van der Waals surface area contributed by atoms with Crippen LogP contribution in [0, 0.1) is 0 Å². The molecule has 0 aliphatic carbocycles. The summed E-state index contributed by atoms with van der Waals surface area (Å²) in [6.07, 6.45) is 1.46. The lowest BCUT2D eigenvalue weighted by Gasteiger charge is -2.05. The number of thioether (sulfide) groups is 1. The molecule has 1 aromatic carbocycles. The Balaban J connectivity index is 1.90. The van der Waals surface area contributed by atoms with Crippen LogP contribution in [0.15, 0.2) is 41.7 Å². The van der Waals surface area contributed by atoms with Crippen LogP contribution in [0.5, 0.6) is 0 Å². The van der Waals surface area contributed by atoms with Crippen molar-refractivity contribution in [2.24, 2.45) is 0 Å². The first-order chi connectivity index (χ1) is 9.24. The van der Waals surface area contributed by atoms with Crippen LogP contribution in [0.25, 0.3) is 5.78 Å². The molecular formula is C12H8Cl2N4S. The molecule has 96 valence electrons. The lowest BCUT2D eigenvalue weighted by atomic mass is 10.2. The predicted molar refractivity (Wildman–Crippen MR) is 76.8 cm³/mol. The smallest absolute Gasteiger partial charge is 0.199 e. The van der Waals surface area contributed by atoms with Crippen molar-refractivity contribution < 1.29 is 0 Å². The Morgan fingerprint density at radius 3 is 2.89 bits per heavy atom. The number of aromatic nitrogens is 4. The van der Waals surface area contributed by atoms with Crippen LogP contribution in [0.4, 0.5) is 0 Å². The summed E-state index contributed by atoms with van der Waals surface area (Å²) in [4.78, 5) is 8.11. The Hall–Kier alpha value is -1.30. The minimum atomic E-state index is 0.405. The molecule has 0 atom stereocenters. The molecule has 19 heavy (non-hydrogen) atoms. The molecule has 0 radical (unpaired) electrons. The molecule has 0 amide bonds. The van der Waals surface area contributed by atoms with E-state index in [0.29, 0.717) is 10.9 Å². The van der Waals surface area contributed by atoms with Crippen molar-refractivity contribution in [3.8, 4) is 0 Å². The third-order valence-corrected chi connectivity index (χ3v) is 4.13. The van der Waals surface area contributed by atoms with Crippen molar-refractivity contribution in [3.63, 3.8) is 0 Å². The first-order valence-corrected chi connectivity index (χ1v) is 7.20. The van der Waals surface area contributed by atoms with E-state index < -0.39 is 0 Å². The van der Waals surface area contributed by atoms with Crippen LogP contribution in [0.3, 0.4) is 0 Å². The average Bonchev–Trinajstić information content (AvgIpc) is 2.85. The number of rotatable bonds is 3. The molecule has 0 aliphatic rings. The molecule has 7 heteroatoms. The molecule has 0 unspecified atom stereocenters. The molecule has 2 heterocycles. The van der Waals surface area contributed by atoms with Gasteiger partial charge in [0.05, 0.1) is 0 Å². The van der Waals surface area contributed by atoms with Gasteiger partial charge in [0.1, 0.15) is 16.5 Å². The average molecular weight is 311 g/mol. The lowest BCUT2D eigenvalue weighted by Crippen LogP contribution is -1.96. The third-order valence-electron chi connectivity index (χ3n) is 2.52. The van der Waals surface area contributed by atoms with Crippen molar-refractivity contribution in [1.82, 2.24) is 19.6 Å². The summed E-state index contributed by atoms with van der Waals surface area (Å²) < 4.78 is 1.66. The first kappa shape index (κ1) is 12.7. The number of benzene rings is 1. The highest BCUT2D eigenvalue weighted by Crippen LogP contribution is 2.27. The zero-order valence-corrected chi connectivity index (χ0v) is 12.0. The van der Waals surface area contributed by atoms with Gasteiger partial charge in [0.25, 0.3) is 5.78 Å². The van der Waals surface area contributed by atoms with Crippen LogP contribution in [0.2, 0.25) is 10.2 Å². The van der Waals surface area contributed by atoms with Gasteiger partial charge >= 0.3 is 0 Å². The molecule has 0 bridgehead atoms. The monoisotopic (exact) mass is 310 g/mol. The summed E-state index contributed by atoms with van der Waals surface area (Å²) in [6, 6.07) is 9.52. The van der Waals surface area contributed by atoms with Gasteiger partial charge in [0, 0.05) is 16.8 Å². The molecule has 4 nitrogen and oxygen atoms in total. The van der Waals surface area contributed by atoms with Crippen LogP contribution in [0.1, 0.15) is 5.56 Å². The molecule has 0 N–H and O–H groups in total. The predicted octanol–water partition coefficient (Wildman–Crippen LogP) is 3.72. The minimum Gasteiger partial charge on any atom is -0.199 e. The minimum absolute atomic E-state index is 0.405. The number of nitrogens with zero attached hydrogens (tertiary/aromatic N) is 4. The summed E-state index contributed by atoms with van der Waals surface area (Å²) in [5, 5.41) is 6.17. The fourth-order valence-corrected chi connectivity index (χ4v) is 3.15. The van der Waals surface area contributed by atoms with Gasteiger partial charge in [0.15, 0.2) is 0 Å². The Kier molecular flexibility index (Phi) is 3.59. The second kappa shape index (κ2) is 5.36. The van der Waals surface area contributed by atoms with Gasteiger partial charge in [-0.05, 0) is 11.6 Å².